The lowest BCUT2D eigenvalue weighted by Gasteiger charge is -2.38. The van der Waals surface area contributed by atoms with Gasteiger partial charge in [-0.05, 0) is 37.0 Å². The molecule has 1 aliphatic rings. The molecule has 1 aliphatic carbocycles. The van der Waals surface area contributed by atoms with E-state index in [9.17, 15) is 10.1 Å². The van der Waals surface area contributed by atoms with Crippen molar-refractivity contribution in [3.05, 3.63) is 65.2 Å². The molecule has 0 bridgehead atoms. The van der Waals surface area contributed by atoms with Crippen molar-refractivity contribution >= 4 is 17.4 Å². The number of nitrogens with zero attached hydrogens (tertiary/aromatic N) is 1. The molecule has 0 heterocycles. The minimum atomic E-state index is -0.398. The van der Waals surface area contributed by atoms with E-state index in [0.717, 1.165) is 30.4 Å². The fraction of sp³-hybridized carbons (Fsp3) is 0.304. The van der Waals surface area contributed by atoms with Gasteiger partial charge >= 0.3 is 6.03 Å². The number of urea groups is 1. The van der Waals surface area contributed by atoms with Gasteiger partial charge in [0, 0.05) is 11.0 Å². The number of rotatable bonds is 5. The number of nitrogens with one attached hydrogen (secondary N) is 2. The van der Waals surface area contributed by atoms with Crippen LogP contribution in [-0.4, -0.2) is 13.1 Å². The normalized spacial score (nSPS) is 14.6. The Morgan fingerprint density at radius 2 is 1.79 bits per heavy atom. The molecule has 2 aromatic rings. The Morgan fingerprint density at radius 3 is 2.46 bits per heavy atom. The zero-order valence-electron chi connectivity index (χ0n) is 16.5. The summed E-state index contributed by atoms with van der Waals surface area (Å²) in [7, 11) is 1.56. The molecule has 3 rings (SSSR count). The van der Waals surface area contributed by atoms with E-state index in [1.165, 1.54) is 0 Å². The van der Waals surface area contributed by atoms with E-state index in [2.05, 4.69) is 36.6 Å². The number of carbonyl (C=O) groups is 1. The van der Waals surface area contributed by atoms with E-state index in [0.29, 0.717) is 22.7 Å². The van der Waals surface area contributed by atoms with E-state index in [1.807, 2.05) is 30.3 Å². The number of para-hydroxylation sites is 2. The van der Waals surface area contributed by atoms with Gasteiger partial charge in [0.05, 0.1) is 30.1 Å². The lowest BCUT2D eigenvalue weighted by molar-refractivity contribution is 0.255. The molecule has 0 radical (unpaired) electrons. The van der Waals surface area contributed by atoms with Crippen molar-refractivity contribution in [2.75, 3.05) is 12.4 Å². The summed E-state index contributed by atoms with van der Waals surface area (Å²) in [6, 6.07) is 17.2. The molecule has 0 aliphatic heterocycles. The summed E-state index contributed by atoms with van der Waals surface area (Å²) in [5.41, 5.74) is 3.61. The van der Waals surface area contributed by atoms with Gasteiger partial charge in [-0.3, -0.25) is 0 Å². The second-order valence-corrected chi connectivity index (χ2v) is 6.96. The first-order valence-corrected chi connectivity index (χ1v) is 9.52. The summed E-state index contributed by atoms with van der Waals surface area (Å²) < 4.78 is 5.30. The van der Waals surface area contributed by atoms with Crippen LogP contribution in [0.15, 0.2) is 54.1 Å². The molecule has 5 nitrogen and oxygen atoms in total. The number of allylic oxidation sites excluding steroid dienone is 1. The Morgan fingerprint density at radius 1 is 1.11 bits per heavy atom. The summed E-state index contributed by atoms with van der Waals surface area (Å²) in [5.74, 6) is 0.577. The third-order valence-electron chi connectivity index (χ3n) is 5.65. The van der Waals surface area contributed by atoms with Crippen LogP contribution in [0.4, 0.5) is 10.5 Å². The van der Waals surface area contributed by atoms with Gasteiger partial charge in [-0.25, -0.2) is 4.79 Å². The fourth-order valence-electron chi connectivity index (χ4n) is 3.94. The second-order valence-electron chi connectivity index (χ2n) is 6.96. The van der Waals surface area contributed by atoms with Gasteiger partial charge in [-0.15, -0.1) is 0 Å². The molecule has 2 N–H and O–H groups in total. The molecule has 2 aromatic carbocycles. The molecule has 144 valence electrons. The minimum absolute atomic E-state index is 0.268. The van der Waals surface area contributed by atoms with Crippen molar-refractivity contribution in [1.82, 2.24) is 5.32 Å². The smallest absolute Gasteiger partial charge is 0.323 e. The number of ether oxygens (including phenoxy) is 1. The monoisotopic (exact) mass is 375 g/mol. The number of hydrogen-bond donors (Lipinski definition) is 2. The quantitative estimate of drug-likeness (QED) is 0.762. The predicted molar refractivity (Wildman–Crippen MR) is 111 cm³/mol. The van der Waals surface area contributed by atoms with E-state index < -0.39 is 6.03 Å². The Balaban J connectivity index is 2.00. The van der Waals surface area contributed by atoms with Crippen LogP contribution < -0.4 is 15.4 Å². The van der Waals surface area contributed by atoms with Gasteiger partial charge in [-0.2, -0.15) is 5.26 Å². The number of nitriles is 1. The Kier molecular flexibility index (Phi) is 5.70. The van der Waals surface area contributed by atoms with Crippen molar-refractivity contribution in [3.63, 3.8) is 0 Å². The van der Waals surface area contributed by atoms with Crippen LogP contribution in [0.5, 0.6) is 5.75 Å². The highest BCUT2D eigenvalue weighted by molar-refractivity contribution is 5.98. The number of anilines is 1. The number of fused-ring (bicyclic) bond motifs is 1. The van der Waals surface area contributed by atoms with Gasteiger partial charge in [0.15, 0.2) is 0 Å². The maximum absolute atomic E-state index is 12.8. The number of carbonyl (C=O) groups excluding carboxylic acids is 1. The maximum atomic E-state index is 12.8. The van der Waals surface area contributed by atoms with Crippen molar-refractivity contribution in [2.45, 2.75) is 33.1 Å². The minimum Gasteiger partial charge on any atom is -0.495 e. The molecule has 0 atom stereocenters. The van der Waals surface area contributed by atoms with Crippen LogP contribution >= 0.6 is 0 Å². The van der Waals surface area contributed by atoms with Crippen molar-refractivity contribution < 1.29 is 9.53 Å². The molecule has 0 saturated carbocycles. The number of methoxy groups -OCH3 is 1. The zero-order chi connectivity index (χ0) is 20.1. The summed E-state index contributed by atoms with van der Waals surface area (Å²) in [4.78, 5) is 12.8. The summed E-state index contributed by atoms with van der Waals surface area (Å²) in [6.07, 6.45) is 2.47. The standard InChI is InChI=1S/C23H25N3O2/c1-4-23(5-2)14-16-10-6-7-11-17(16)21(18(23)15-24)26-22(27)25-19-12-8-9-13-20(19)28-3/h6-13H,4-5,14H2,1-3H3,(H2,25,26,27). The van der Waals surface area contributed by atoms with Crippen LogP contribution in [0.2, 0.25) is 0 Å². The zero-order valence-corrected chi connectivity index (χ0v) is 16.5. The third kappa shape index (κ3) is 3.46. The maximum Gasteiger partial charge on any atom is 0.323 e. The van der Waals surface area contributed by atoms with Crippen LogP contribution in [0.25, 0.3) is 5.70 Å². The summed E-state index contributed by atoms with van der Waals surface area (Å²) >= 11 is 0. The molecule has 0 fully saturated rings. The Bertz CT molecular complexity index is 952. The van der Waals surface area contributed by atoms with E-state index in [4.69, 9.17) is 4.74 Å². The molecule has 28 heavy (non-hydrogen) atoms. The van der Waals surface area contributed by atoms with E-state index >= 15 is 0 Å². The molecule has 2 amide bonds. The number of amides is 2. The van der Waals surface area contributed by atoms with Gasteiger partial charge in [0.1, 0.15) is 5.75 Å². The highest BCUT2D eigenvalue weighted by Gasteiger charge is 2.39. The van der Waals surface area contributed by atoms with Crippen LogP contribution in [0.1, 0.15) is 37.8 Å². The summed E-state index contributed by atoms with van der Waals surface area (Å²) in [5, 5.41) is 15.7. The molecule has 5 heteroatoms. The lowest BCUT2D eigenvalue weighted by atomic mass is 9.66. The molecular formula is C23H25N3O2. The molecular weight excluding hydrogens is 350 g/mol. The first-order chi connectivity index (χ1) is 13.6. The Labute approximate surface area is 166 Å². The van der Waals surface area contributed by atoms with Crippen molar-refractivity contribution in [3.8, 4) is 11.8 Å². The average Bonchev–Trinajstić information content (AvgIpc) is 2.73. The number of hydrogen-bond acceptors (Lipinski definition) is 3. The first-order valence-electron chi connectivity index (χ1n) is 9.52. The van der Waals surface area contributed by atoms with Crippen LogP contribution in [0, 0.1) is 16.7 Å². The Hall–Kier alpha value is -3.26. The topological polar surface area (TPSA) is 74.2 Å². The predicted octanol–water partition coefficient (Wildman–Crippen LogP) is 5.11. The van der Waals surface area contributed by atoms with Crippen LogP contribution in [0.3, 0.4) is 0 Å². The van der Waals surface area contributed by atoms with Crippen LogP contribution in [-0.2, 0) is 6.42 Å². The van der Waals surface area contributed by atoms with Gasteiger partial charge < -0.3 is 15.4 Å². The number of benzene rings is 2. The average molecular weight is 375 g/mol. The largest absolute Gasteiger partial charge is 0.495 e. The highest BCUT2D eigenvalue weighted by atomic mass is 16.5. The lowest BCUT2D eigenvalue weighted by Crippen LogP contribution is -2.36. The van der Waals surface area contributed by atoms with Gasteiger partial charge in [0.2, 0.25) is 0 Å². The van der Waals surface area contributed by atoms with E-state index in [-0.39, 0.29) is 5.41 Å². The molecule has 0 aromatic heterocycles. The van der Waals surface area contributed by atoms with Gasteiger partial charge in [-0.1, -0.05) is 50.2 Å². The van der Waals surface area contributed by atoms with Gasteiger partial charge in [0.25, 0.3) is 0 Å². The van der Waals surface area contributed by atoms with E-state index in [1.54, 1.807) is 19.2 Å². The SMILES string of the molecule is CCC1(CC)Cc2ccccc2C(NC(=O)Nc2ccccc2OC)=C1C#N. The highest BCUT2D eigenvalue weighted by Crippen LogP contribution is 2.46. The molecule has 0 spiro atoms. The van der Waals surface area contributed by atoms with Crippen molar-refractivity contribution in [2.24, 2.45) is 5.41 Å². The third-order valence-corrected chi connectivity index (χ3v) is 5.65. The second kappa shape index (κ2) is 8.18. The summed E-state index contributed by atoms with van der Waals surface area (Å²) in [6.45, 7) is 4.20. The molecule has 0 unspecified atom stereocenters. The molecule has 0 saturated heterocycles. The van der Waals surface area contributed by atoms with Crippen molar-refractivity contribution in [1.29, 1.82) is 5.26 Å². The fourth-order valence-corrected chi connectivity index (χ4v) is 3.94. The first kappa shape index (κ1) is 19.5.